The van der Waals surface area contributed by atoms with E-state index in [1.807, 2.05) is 34.6 Å². The maximum atomic E-state index is 12.3. The SMILES string of the molecule is CC(O)CC(C)(C)CNC(=O)c1ccc(C(C)(C)C)c([N+](=O)[O-])c1. The van der Waals surface area contributed by atoms with Crippen LogP contribution in [0.2, 0.25) is 0 Å². The summed E-state index contributed by atoms with van der Waals surface area (Å²) in [4.78, 5) is 23.2. The van der Waals surface area contributed by atoms with E-state index >= 15 is 0 Å². The topological polar surface area (TPSA) is 92.5 Å². The first-order valence-corrected chi connectivity index (χ1v) is 8.09. The number of hydrogen-bond acceptors (Lipinski definition) is 4. The molecule has 1 aromatic rings. The summed E-state index contributed by atoms with van der Waals surface area (Å²) in [6.45, 7) is 11.7. The van der Waals surface area contributed by atoms with Gasteiger partial charge in [0.05, 0.1) is 11.0 Å². The second kappa shape index (κ2) is 7.30. The Hall–Kier alpha value is -1.95. The van der Waals surface area contributed by atoms with E-state index in [1.165, 1.54) is 6.07 Å². The molecule has 6 nitrogen and oxygen atoms in total. The average Bonchev–Trinajstić information content (AvgIpc) is 2.41. The van der Waals surface area contributed by atoms with Crippen LogP contribution >= 0.6 is 0 Å². The smallest absolute Gasteiger partial charge is 0.273 e. The van der Waals surface area contributed by atoms with Crippen molar-refractivity contribution in [3.8, 4) is 0 Å². The van der Waals surface area contributed by atoms with E-state index in [0.717, 1.165) is 0 Å². The quantitative estimate of drug-likeness (QED) is 0.615. The van der Waals surface area contributed by atoms with Crippen LogP contribution in [-0.4, -0.2) is 28.6 Å². The molecule has 1 atom stereocenters. The highest BCUT2D eigenvalue weighted by atomic mass is 16.6. The molecule has 6 heteroatoms. The van der Waals surface area contributed by atoms with Crippen LogP contribution in [-0.2, 0) is 5.41 Å². The zero-order chi connectivity index (χ0) is 18.7. The number of hydrogen-bond donors (Lipinski definition) is 2. The van der Waals surface area contributed by atoms with Gasteiger partial charge >= 0.3 is 0 Å². The third-order valence-corrected chi connectivity index (χ3v) is 3.84. The Morgan fingerprint density at radius 1 is 1.29 bits per heavy atom. The molecular formula is C18H28N2O4. The molecule has 0 fully saturated rings. The second-order valence-corrected chi connectivity index (χ2v) is 8.14. The van der Waals surface area contributed by atoms with Gasteiger partial charge in [-0.05, 0) is 30.2 Å². The van der Waals surface area contributed by atoms with Gasteiger partial charge in [0.25, 0.3) is 11.6 Å². The number of nitrogens with one attached hydrogen (secondary N) is 1. The van der Waals surface area contributed by atoms with Gasteiger partial charge in [-0.15, -0.1) is 0 Å². The zero-order valence-corrected chi connectivity index (χ0v) is 15.3. The number of carbonyl (C=O) groups excluding carboxylic acids is 1. The average molecular weight is 336 g/mol. The molecule has 1 unspecified atom stereocenters. The molecule has 0 aliphatic rings. The van der Waals surface area contributed by atoms with Crippen molar-refractivity contribution in [1.29, 1.82) is 0 Å². The number of nitro benzene ring substituents is 1. The number of benzene rings is 1. The molecule has 134 valence electrons. The fraction of sp³-hybridized carbons (Fsp3) is 0.611. The summed E-state index contributed by atoms with van der Waals surface area (Å²) >= 11 is 0. The number of nitrogens with zero attached hydrogens (tertiary/aromatic N) is 1. The molecule has 0 aliphatic heterocycles. The van der Waals surface area contributed by atoms with Crippen molar-refractivity contribution in [2.75, 3.05) is 6.54 Å². The molecule has 0 spiro atoms. The Morgan fingerprint density at radius 2 is 1.88 bits per heavy atom. The number of aliphatic hydroxyl groups is 1. The lowest BCUT2D eigenvalue weighted by atomic mass is 9.85. The first-order chi connectivity index (χ1) is 10.8. The van der Waals surface area contributed by atoms with E-state index in [4.69, 9.17) is 0 Å². The Morgan fingerprint density at radius 3 is 2.33 bits per heavy atom. The van der Waals surface area contributed by atoms with E-state index in [0.29, 0.717) is 18.5 Å². The summed E-state index contributed by atoms with van der Waals surface area (Å²) < 4.78 is 0. The van der Waals surface area contributed by atoms with Crippen LogP contribution in [0.15, 0.2) is 18.2 Å². The fourth-order valence-electron chi connectivity index (χ4n) is 2.75. The molecule has 1 amide bonds. The maximum absolute atomic E-state index is 12.3. The molecule has 0 heterocycles. The van der Waals surface area contributed by atoms with Gasteiger partial charge in [0.15, 0.2) is 0 Å². The molecule has 24 heavy (non-hydrogen) atoms. The largest absolute Gasteiger partial charge is 0.393 e. The molecule has 1 rings (SSSR count). The van der Waals surface area contributed by atoms with Crippen LogP contribution in [0.4, 0.5) is 5.69 Å². The van der Waals surface area contributed by atoms with Crippen LogP contribution in [0, 0.1) is 15.5 Å². The van der Waals surface area contributed by atoms with Gasteiger partial charge in [-0.2, -0.15) is 0 Å². The normalized spacial score (nSPS) is 13.5. The third kappa shape index (κ3) is 5.60. The highest BCUT2D eigenvalue weighted by Gasteiger charge is 2.27. The summed E-state index contributed by atoms with van der Waals surface area (Å²) in [7, 11) is 0. The minimum Gasteiger partial charge on any atom is -0.393 e. The van der Waals surface area contributed by atoms with Crippen LogP contribution in [0.5, 0.6) is 0 Å². The maximum Gasteiger partial charge on any atom is 0.273 e. The van der Waals surface area contributed by atoms with E-state index in [2.05, 4.69) is 5.32 Å². The first-order valence-electron chi connectivity index (χ1n) is 8.09. The molecule has 1 aromatic carbocycles. The van der Waals surface area contributed by atoms with Crippen molar-refractivity contribution in [1.82, 2.24) is 5.32 Å². The Kier molecular flexibility index (Phi) is 6.11. The fourth-order valence-corrected chi connectivity index (χ4v) is 2.75. The van der Waals surface area contributed by atoms with Crippen LogP contribution in [0.1, 0.15) is 63.9 Å². The van der Waals surface area contributed by atoms with E-state index in [9.17, 15) is 20.0 Å². The van der Waals surface area contributed by atoms with E-state index in [-0.39, 0.29) is 28.0 Å². The van der Waals surface area contributed by atoms with Crippen molar-refractivity contribution >= 4 is 11.6 Å². The molecule has 2 N–H and O–H groups in total. The molecule has 0 aliphatic carbocycles. The van der Waals surface area contributed by atoms with Gasteiger partial charge in [0.1, 0.15) is 0 Å². The predicted octanol–water partition coefficient (Wildman–Crippen LogP) is 3.42. The zero-order valence-electron chi connectivity index (χ0n) is 15.3. The highest BCUT2D eigenvalue weighted by Crippen LogP contribution is 2.32. The van der Waals surface area contributed by atoms with Gasteiger partial charge in [-0.25, -0.2) is 0 Å². The number of nitro groups is 1. The van der Waals surface area contributed by atoms with E-state index in [1.54, 1.807) is 19.1 Å². The lowest BCUT2D eigenvalue weighted by molar-refractivity contribution is -0.386. The summed E-state index contributed by atoms with van der Waals surface area (Å²) in [5, 5.41) is 23.6. The van der Waals surface area contributed by atoms with Crippen LogP contribution < -0.4 is 5.32 Å². The predicted molar refractivity (Wildman–Crippen MR) is 94.2 cm³/mol. The standard InChI is InChI=1S/C18H28N2O4/c1-12(21)10-18(5,6)11-19-16(22)13-7-8-14(17(2,3)4)15(9-13)20(23)24/h7-9,12,21H,10-11H2,1-6H3,(H,19,22). The van der Waals surface area contributed by atoms with Gasteiger partial charge in [-0.1, -0.05) is 40.7 Å². The van der Waals surface area contributed by atoms with Gasteiger partial charge in [-0.3, -0.25) is 14.9 Å². The summed E-state index contributed by atoms with van der Waals surface area (Å²) in [5.41, 5.74) is 0.178. The minimum atomic E-state index is -0.455. The molecule has 0 saturated heterocycles. The summed E-state index contributed by atoms with van der Waals surface area (Å²) in [6, 6.07) is 4.59. The molecular weight excluding hydrogens is 308 g/mol. The third-order valence-electron chi connectivity index (χ3n) is 3.84. The second-order valence-electron chi connectivity index (χ2n) is 8.14. The van der Waals surface area contributed by atoms with Crippen molar-refractivity contribution < 1.29 is 14.8 Å². The lowest BCUT2D eigenvalue weighted by Gasteiger charge is -2.26. The molecule has 0 radical (unpaired) electrons. The molecule has 0 bridgehead atoms. The van der Waals surface area contributed by atoms with Crippen LogP contribution in [0.25, 0.3) is 0 Å². The lowest BCUT2D eigenvalue weighted by Crippen LogP contribution is -2.35. The monoisotopic (exact) mass is 336 g/mol. The van der Waals surface area contributed by atoms with E-state index < -0.39 is 11.0 Å². The van der Waals surface area contributed by atoms with Crippen molar-refractivity contribution in [3.05, 3.63) is 39.4 Å². The highest BCUT2D eigenvalue weighted by molar-refractivity contribution is 5.95. The number of amides is 1. The van der Waals surface area contributed by atoms with Crippen LogP contribution in [0.3, 0.4) is 0 Å². The minimum absolute atomic E-state index is 0.0432. The van der Waals surface area contributed by atoms with Crippen molar-refractivity contribution in [3.63, 3.8) is 0 Å². The van der Waals surface area contributed by atoms with Gasteiger partial charge in [0.2, 0.25) is 0 Å². The Balaban J connectivity index is 2.97. The van der Waals surface area contributed by atoms with Crippen molar-refractivity contribution in [2.45, 2.75) is 59.5 Å². The van der Waals surface area contributed by atoms with Crippen molar-refractivity contribution in [2.24, 2.45) is 5.41 Å². The summed E-state index contributed by atoms with van der Waals surface area (Å²) in [5.74, 6) is -0.350. The summed E-state index contributed by atoms with van der Waals surface area (Å²) in [6.07, 6.45) is 0.0974. The molecule has 0 saturated carbocycles. The Bertz CT molecular complexity index is 616. The molecule has 0 aromatic heterocycles. The number of carbonyl (C=O) groups is 1. The first kappa shape index (κ1) is 20.1. The number of rotatable bonds is 6. The van der Waals surface area contributed by atoms with Gasteiger partial charge < -0.3 is 10.4 Å². The number of aliphatic hydroxyl groups excluding tert-OH is 1. The van der Waals surface area contributed by atoms with Gasteiger partial charge in [0, 0.05) is 23.7 Å². The Labute approximate surface area is 143 Å².